The van der Waals surface area contributed by atoms with Crippen molar-refractivity contribution in [1.29, 1.82) is 0 Å². The van der Waals surface area contributed by atoms with Gasteiger partial charge in [0.2, 0.25) is 0 Å². The number of fused-ring (bicyclic) bond motifs is 1. The van der Waals surface area contributed by atoms with Gasteiger partial charge in [-0.15, -0.1) is 0 Å². The van der Waals surface area contributed by atoms with Crippen LogP contribution in [0.15, 0.2) is 41.3 Å². The lowest BCUT2D eigenvalue weighted by Gasteiger charge is -2.34. The van der Waals surface area contributed by atoms with Gasteiger partial charge >= 0.3 is 5.97 Å². The molecule has 2 heterocycles. The molecule has 148 valence electrons. The van der Waals surface area contributed by atoms with Crippen LogP contribution in [-0.4, -0.2) is 27.2 Å². The maximum Gasteiger partial charge on any atom is 0.345 e. The summed E-state index contributed by atoms with van der Waals surface area (Å²) in [4.78, 5) is 41.6. The van der Waals surface area contributed by atoms with Crippen LogP contribution in [0.3, 0.4) is 0 Å². The first kappa shape index (κ1) is 20.3. The van der Waals surface area contributed by atoms with E-state index in [0.717, 1.165) is 18.4 Å². The number of aromatic nitrogens is 2. The number of esters is 1. The van der Waals surface area contributed by atoms with E-state index in [1.807, 2.05) is 37.3 Å². The lowest BCUT2D eigenvalue weighted by atomic mass is 9.88. The minimum atomic E-state index is -0.651. The van der Waals surface area contributed by atoms with Gasteiger partial charge < -0.3 is 4.74 Å². The van der Waals surface area contributed by atoms with E-state index in [2.05, 4.69) is 4.98 Å². The third-order valence-corrected chi connectivity index (χ3v) is 6.16. The molecule has 3 rings (SSSR count). The monoisotopic (exact) mass is 400 g/mol. The van der Waals surface area contributed by atoms with E-state index in [0.29, 0.717) is 5.82 Å². The van der Waals surface area contributed by atoms with E-state index >= 15 is 0 Å². The molecule has 28 heavy (non-hydrogen) atoms. The van der Waals surface area contributed by atoms with Crippen LogP contribution in [0.5, 0.6) is 0 Å². The molecule has 1 aliphatic rings. The van der Waals surface area contributed by atoms with Crippen LogP contribution >= 0.6 is 11.8 Å². The topological polar surface area (TPSA) is 78.3 Å². The molecule has 0 saturated carbocycles. The first-order valence-electron chi connectivity index (χ1n) is 9.44. The molecule has 1 aliphatic heterocycles. The van der Waals surface area contributed by atoms with Crippen molar-refractivity contribution in [3.63, 3.8) is 0 Å². The lowest BCUT2D eigenvalue weighted by Crippen LogP contribution is -2.37. The normalized spacial score (nSPS) is 19.5. The molecule has 0 bridgehead atoms. The number of benzene rings is 1. The first-order chi connectivity index (χ1) is 13.4. The molecule has 0 fully saturated rings. The summed E-state index contributed by atoms with van der Waals surface area (Å²) < 4.78 is 6.60. The molecule has 0 saturated heterocycles. The largest absolute Gasteiger partial charge is 0.462 e. The fourth-order valence-corrected chi connectivity index (χ4v) is 4.77. The lowest BCUT2D eigenvalue weighted by molar-refractivity contribution is -0.109. The van der Waals surface area contributed by atoms with Gasteiger partial charge in [0.15, 0.2) is 5.12 Å². The van der Waals surface area contributed by atoms with Gasteiger partial charge in [-0.1, -0.05) is 42.1 Å². The quantitative estimate of drug-likeness (QED) is 0.709. The van der Waals surface area contributed by atoms with Crippen LogP contribution in [0.25, 0.3) is 0 Å². The van der Waals surface area contributed by atoms with Crippen molar-refractivity contribution >= 4 is 22.8 Å². The molecule has 7 heteroatoms. The highest BCUT2D eigenvalue weighted by molar-refractivity contribution is 8.13. The Morgan fingerprint density at radius 3 is 2.64 bits per heavy atom. The summed E-state index contributed by atoms with van der Waals surface area (Å²) in [5.41, 5.74) is 0.603. The molecular weight excluding hydrogens is 376 g/mol. The van der Waals surface area contributed by atoms with Gasteiger partial charge in [0.05, 0.1) is 6.61 Å². The van der Waals surface area contributed by atoms with Crippen molar-refractivity contribution < 1.29 is 14.3 Å². The molecule has 0 radical (unpaired) electrons. The second-order valence-electron chi connectivity index (χ2n) is 6.90. The van der Waals surface area contributed by atoms with Gasteiger partial charge in [-0.05, 0) is 32.3 Å². The highest BCUT2D eigenvalue weighted by Crippen LogP contribution is 2.46. The van der Waals surface area contributed by atoms with Gasteiger partial charge in [-0.25, -0.2) is 9.78 Å². The van der Waals surface area contributed by atoms with Crippen molar-refractivity contribution in [2.75, 3.05) is 6.61 Å². The van der Waals surface area contributed by atoms with Crippen LogP contribution in [0.1, 0.15) is 72.6 Å². The minimum absolute atomic E-state index is 0.0181. The van der Waals surface area contributed by atoms with Crippen LogP contribution in [0.4, 0.5) is 0 Å². The number of carbonyl (C=O) groups excluding carboxylic acids is 2. The zero-order valence-corrected chi connectivity index (χ0v) is 17.1. The zero-order chi connectivity index (χ0) is 20.3. The van der Waals surface area contributed by atoms with Gasteiger partial charge in [-0.3, -0.25) is 14.2 Å². The SMILES string of the molecule is CCOC(=O)c1cnc2n(c1=O)[C@@H](C)CC[C@H]2C(SC(C)=O)c1ccccc1. The van der Waals surface area contributed by atoms with Crippen LogP contribution in [-0.2, 0) is 9.53 Å². The Morgan fingerprint density at radius 2 is 2.00 bits per heavy atom. The maximum atomic E-state index is 13.0. The Kier molecular flexibility index (Phi) is 6.34. The van der Waals surface area contributed by atoms with Gasteiger partial charge in [-0.2, -0.15) is 0 Å². The molecule has 1 aromatic carbocycles. The fraction of sp³-hybridized carbons (Fsp3) is 0.429. The van der Waals surface area contributed by atoms with Crippen LogP contribution in [0, 0.1) is 0 Å². The molecule has 0 amide bonds. The molecule has 6 nitrogen and oxygen atoms in total. The van der Waals surface area contributed by atoms with Gasteiger partial charge in [0.25, 0.3) is 5.56 Å². The number of ether oxygens (including phenoxy) is 1. The highest BCUT2D eigenvalue weighted by Gasteiger charge is 2.35. The van der Waals surface area contributed by atoms with E-state index in [9.17, 15) is 14.4 Å². The van der Waals surface area contributed by atoms with Crippen molar-refractivity contribution in [2.45, 2.75) is 50.8 Å². The molecule has 0 spiro atoms. The second-order valence-corrected chi connectivity index (χ2v) is 8.22. The average molecular weight is 401 g/mol. The average Bonchev–Trinajstić information content (AvgIpc) is 2.67. The van der Waals surface area contributed by atoms with Crippen molar-refractivity contribution in [3.8, 4) is 0 Å². The predicted octanol–water partition coefficient (Wildman–Crippen LogP) is 3.88. The molecule has 0 aliphatic carbocycles. The van der Waals surface area contributed by atoms with E-state index in [1.54, 1.807) is 18.4 Å². The summed E-state index contributed by atoms with van der Waals surface area (Å²) >= 11 is 1.26. The second kappa shape index (κ2) is 8.73. The minimum Gasteiger partial charge on any atom is -0.462 e. The summed E-state index contributed by atoms with van der Waals surface area (Å²) in [6, 6.07) is 9.74. The number of thioether (sulfide) groups is 1. The molecule has 1 unspecified atom stereocenters. The van der Waals surface area contributed by atoms with Gasteiger partial charge in [0.1, 0.15) is 11.4 Å². The van der Waals surface area contributed by atoms with Crippen molar-refractivity contribution in [2.24, 2.45) is 0 Å². The third-order valence-electron chi connectivity index (χ3n) is 4.97. The summed E-state index contributed by atoms with van der Waals surface area (Å²) in [6.07, 6.45) is 2.90. The number of carbonyl (C=O) groups is 2. The molecule has 1 aromatic heterocycles. The molecular formula is C21H24N2O4S. The number of nitrogens with zero attached hydrogens (tertiary/aromatic N) is 2. The Balaban J connectivity index is 2.09. The van der Waals surface area contributed by atoms with Gasteiger partial charge in [0, 0.05) is 30.3 Å². The smallest absolute Gasteiger partial charge is 0.345 e. The Morgan fingerprint density at radius 1 is 1.29 bits per heavy atom. The summed E-state index contributed by atoms with van der Waals surface area (Å²) in [6.45, 7) is 5.40. The maximum absolute atomic E-state index is 13.0. The number of hydrogen-bond donors (Lipinski definition) is 0. The molecule has 0 N–H and O–H groups in total. The highest BCUT2D eigenvalue weighted by atomic mass is 32.2. The first-order valence-corrected chi connectivity index (χ1v) is 10.3. The van der Waals surface area contributed by atoms with E-state index in [4.69, 9.17) is 4.74 Å². The summed E-state index contributed by atoms with van der Waals surface area (Å²) in [5, 5.41) is -0.123. The summed E-state index contributed by atoms with van der Waals surface area (Å²) in [7, 11) is 0. The van der Waals surface area contributed by atoms with E-state index in [1.165, 1.54) is 18.0 Å². The number of hydrogen-bond acceptors (Lipinski definition) is 6. The zero-order valence-electron chi connectivity index (χ0n) is 16.3. The van der Waals surface area contributed by atoms with E-state index in [-0.39, 0.29) is 40.1 Å². The van der Waals surface area contributed by atoms with Crippen LogP contribution < -0.4 is 5.56 Å². The third kappa shape index (κ3) is 4.04. The standard InChI is InChI=1S/C21H24N2O4S/c1-4-27-21(26)17-12-22-19-16(11-10-13(2)23(19)20(17)25)18(28-14(3)24)15-8-6-5-7-9-15/h5-9,12-13,16,18H,4,10-11H2,1-3H3/t13-,16-,18?/m0/s1. The fourth-order valence-electron chi connectivity index (χ4n) is 3.70. The van der Waals surface area contributed by atoms with Crippen molar-refractivity contribution in [3.05, 3.63) is 63.8 Å². The number of rotatable bonds is 5. The Hall–Kier alpha value is -2.41. The van der Waals surface area contributed by atoms with Crippen LogP contribution in [0.2, 0.25) is 0 Å². The summed E-state index contributed by atoms with van der Waals surface area (Å²) in [5.74, 6) is -0.127. The Labute approximate surface area is 168 Å². The molecule has 3 atom stereocenters. The Bertz CT molecular complexity index is 926. The van der Waals surface area contributed by atoms with E-state index < -0.39 is 5.97 Å². The predicted molar refractivity (Wildman–Crippen MR) is 109 cm³/mol. The molecule has 2 aromatic rings. The van der Waals surface area contributed by atoms with Crippen molar-refractivity contribution in [1.82, 2.24) is 9.55 Å².